The van der Waals surface area contributed by atoms with Gasteiger partial charge in [0, 0.05) is 5.41 Å². The van der Waals surface area contributed by atoms with Crippen LogP contribution in [0.1, 0.15) is 37.8 Å². The van der Waals surface area contributed by atoms with Gasteiger partial charge in [0.25, 0.3) is 0 Å². The first-order valence-corrected chi connectivity index (χ1v) is 6.44. The van der Waals surface area contributed by atoms with Crippen molar-refractivity contribution in [2.24, 2.45) is 0 Å². The van der Waals surface area contributed by atoms with Crippen molar-refractivity contribution < 1.29 is 0 Å². The highest BCUT2D eigenvalue weighted by molar-refractivity contribution is 5.83. The minimum absolute atomic E-state index is 0.203. The molecule has 3 rings (SSSR count). The van der Waals surface area contributed by atoms with Crippen molar-refractivity contribution >= 4 is 5.57 Å². The van der Waals surface area contributed by atoms with E-state index in [1.807, 2.05) is 0 Å². The molecule has 0 saturated carbocycles. The Labute approximate surface area is 103 Å². The van der Waals surface area contributed by atoms with Gasteiger partial charge in [-0.05, 0) is 35.1 Å². The zero-order chi connectivity index (χ0) is 11.9. The van der Waals surface area contributed by atoms with Crippen molar-refractivity contribution in [2.45, 2.75) is 32.1 Å². The molecule has 0 heterocycles. The van der Waals surface area contributed by atoms with Gasteiger partial charge in [0.1, 0.15) is 0 Å². The van der Waals surface area contributed by atoms with Crippen LogP contribution in [-0.2, 0) is 5.41 Å². The third-order valence-electron chi connectivity index (χ3n) is 4.31. The molecule has 0 radical (unpaired) electrons. The van der Waals surface area contributed by atoms with Gasteiger partial charge in [-0.3, -0.25) is 0 Å². The maximum absolute atomic E-state index is 2.38. The highest BCUT2D eigenvalue weighted by Crippen LogP contribution is 2.50. The molecule has 0 nitrogen and oxygen atoms in total. The number of hydrogen-bond acceptors (Lipinski definition) is 0. The molecule has 2 aliphatic rings. The molecule has 86 valence electrons. The first kappa shape index (κ1) is 10.6. The van der Waals surface area contributed by atoms with E-state index in [-0.39, 0.29) is 5.41 Å². The van der Waals surface area contributed by atoms with E-state index < -0.39 is 0 Å². The fourth-order valence-corrected chi connectivity index (χ4v) is 3.15. The van der Waals surface area contributed by atoms with Crippen molar-refractivity contribution in [3.63, 3.8) is 0 Å². The van der Waals surface area contributed by atoms with Gasteiger partial charge in [0.15, 0.2) is 0 Å². The van der Waals surface area contributed by atoms with Gasteiger partial charge < -0.3 is 0 Å². The summed E-state index contributed by atoms with van der Waals surface area (Å²) >= 11 is 0. The van der Waals surface area contributed by atoms with Crippen LogP contribution < -0.4 is 0 Å². The number of fused-ring (bicyclic) bond motifs is 2. The van der Waals surface area contributed by atoms with E-state index in [0.717, 1.165) is 12.8 Å². The van der Waals surface area contributed by atoms with Gasteiger partial charge in [-0.2, -0.15) is 0 Å². The molecule has 1 aromatic carbocycles. The molecule has 1 atom stereocenters. The zero-order valence-electron chi connectivity index (χ0n) is 10.5. The van der Waals surface area contributed by atoms with Crippen LogP contribution in [0.4, 0.5) is 0 Å². The van der Waals surface area contributed by atoms with Crippen LogP contribution in [0.3, 0.4) is 0 Å². The predicted octanol–water partition coefficient (Wildman–Crippen LogP) is 4.64. The molecule has 0 bridgehead atoms. The third-order valence-corrected chi connectivity index (χ3v) is 4.31. The summed E-state index contributed by atoms with van der Waals surface area (Å²) in [7, 11) is 0. The molecule has 0 amide bonds. The van der Waals surface area contributed by atoms with E-state index >= 15 is 0 Å². The minimum atomic E-state index is 0.203. The largest absolute Gasteiger partial charge is 0.0801 e. The molecule has 0 spiro atoms. The van der Waals surface area contributed by atoms with Gasteiger partial charge >= 0.3 is 0 Å². The Kier molecular flexibility index (Phi) is 2.32. The topological polar surface area (TPSA) is 0 Å². The second-order valence-electron chi connectivity index (χ2n) is 5.11. The summed E-state index contributed by atoms with van der Waals surface area (Å²) in [4.78, 5) is 0. The van der Waals surface area contributed by atoms with E-state index in [2.05, 4.69) is 62.4 Å². The van der Waals surface area contributed by atoms with E-state index in [0.29, 0.717) is 0 Å². The Morgan fingerprint density at radius 3 is 2.82 bits per heavy atom. The third kappa shape index (κ3) is 1.37. The monoisotopic (exact) mass is 222 g/mol. The predicted molar refractivity (Wildman–Crippen MR) is 73.9 cm³/mol. The van der Waals surface area contributed by atoms with Crippen molar-refractivity contribution in [3.05, 3.63) is 65.3 Å². The summed E-state index contributed by atoms with van der Waals surface area (Å²) in [5.74, 6) is 0. The highest BCUT2D eigenvalue weighted by atomic mass is 14.4. The van der Waals surface area contributed by atoms with Gasteiger partial charge in [0.05, 0.1) is 0 Å². The molecule has 0 saturated heterocycles. The molecule has 1 unspecified atom stereocenters. The number of hydrogen-bond donors (Lipinski definition) is 0. The highest BCUT2D eigenvalue weighted by Gasteiger charge is 2.38. The summed E-state index contributed by atoms with van der Waals surface area (Å²) in [6.07, 6.45) is 11.1. The van der Waals surface area contributed by atoms with E-state index in [9.17, 15) is 0 Å². The van der Waals surface area contributed by atoms with Crippen LogP contribution in [0.2, 0.25) is 0 Å². The Bertz CT molecular complexity index is 543. The summed E-state index contributed by atoms with van der Waals surface area (Å²) in [6, 6.07) is 8.89. The van der Waals surface area contributed by atoms with E-state index in [1.54, 1.807) is 0 Å². The van der Waals surface area contributed by atoms with Crippen LogP contribution in [0.25, 0.3) is 5.57 Å². The van der Waals surface area contributed by atoms with Crippen molar-refractivity contribution in [2.75, 3.05) is 0 Å². The summed E-state index contributed by atoms with van der Waals surface area (Å²) in [5, 5.41) is 0. The van der Waals surface area contributed by atoms with Crippen molar-refractivity contribution in [1.29, 1.82) is 0 Å². The number of benzene rings is 1. The van der Waals surface area contributed by atoms with Crippen molar-refractivity contribution in [1.82, 2.24) is 0 Å². The molecule has 0 heteroatoms. The Balaban J connectivity index is 2.28. The molecular weight excluding hydrogens is 204 g/mol. The quantitative estimate of drug-likeness (QED) is 0.649. The Morgan fingerprint density at radius 2 is 2.00 bits per heavy atom. The van der Waals surface area contributed by atoms with Gasteiger partial charge in [0.2, 0.25) is 0 Å². The normalized spacial score (nSPS) is 25.8. The molecule has 0 N–H and O–H groups in total. The lowest BCUT2D eigenvalue weighted by atomic mass is 9.77. The molecule has 17 heavy (non-hydrogen) atoms. The smallest absolute Gasteiger partial charge is 0.0181 e. The van der Waals surface area contributed by atoms with E-state index in [1.165, 1.54) is 22.3 Å². The second-order valence-corrected chi connectivity index (χ2v) is 5.11. The Hall–Kier alpha value is -1.56. The molecule has 0 aliphatic heterocycles. The molecule has 2 aliphatic carbocycles. The zero-order valence-corrected chi connectivity index (χ0v) is 10.5. The standard InChI is InChI=1S/C17H18/c1-3-17(2)15-11-6-4-5-9-13(15)14-10-7-8-12-16(14)17/h4-8,10-12H,3,9H2,1-2H3. The lowest BCUT2D eigenvalue weighted by molar-refractivity contribution is 0.559. The molecule has 1 aromatic rings. The van der Waals surface area contributed by atoms with E-state index in [4.69, 9.17) is 0 Å². The van der Waals surface area contributed by atoms with Gasteiger partial charge in [-0.1, -0.05) is 62.4 Å². The average molecular weight is 222 g/mol. The second kappa shape index (κ2) is 3.73. The van der Waals surface area contributed by atoms with Crippen LogP contribution in [0, 0.1) is 0 Å². The number of rotatable bonds is 1. The van der Waals surface area contributed by atoms with Crippen molar-refractivity contribution in [3.8, 4) is 0 Å². The SMILES string of the molecule is CCC1(C)C2=C(CC=CC=C2)c2ccccc21. The van der Waals surface area contributed by atoms with Crippen LogP contribution >= 0.6 is 0 Å². The van der Waals surface area contributed by atoms with Crippen LogP contribution in [0.15, 0.2) is 54.1 Å². The fraction of sp³-hybridized carbons (Fsp3) is 0.294. The van der Waals surface area contributed by atoms with Gasteiger partial charge in [-0.15, -0.1) is 0 Å². The number of allylic oxidation sites excluding steroid dienone is 6. The summed E-state index contributed by atoms with van der Waals surface area (Å²) < 4.78 is 0. The molecule has 0 aromatic heterocycles. The Morgan fingerprint density at radius 1 is 1.18 bits per heavy atom. The summed E-state index contributed by atoms with van der Waals surface area (Å²) in [5.41, 5.74) is 6.21. The minimum Gasteiger partial charge on any atom is -0.0801 e. The molecular formula is C17H18. The first-order chi connectivity index (χ1) is 8.27. The van der Waals surface area contributed by atoms with Crippen LogP contribution in [0.5, 0.6) is 0 Å². The average Bonchev–Trinajstić information content (AvgIpc) is 2.55. The van der Waals surface area contributed by atoms with Gasteiger partial charge in [-0.25, -0.2) is 0 Å². The molecule has 0 fully saturated rings. The lowest BCUT2D eigenvalue weighted by Crippen LogP contribution is -2.20. The first-order valence-electron chi connectivity index (χ1n) is 6.44. The van der Waals surface area contributed by atoms with Crippen LogP contribution in [-0.4, -0.2) is 0 Å². The maximum atomic E-state index is 2.38. The maximum Gasteiger partial charge on any atom is 0.0181 e. The summed E-state index contributed by atoms with van der Waals surface area (Å²) in [6.45, 7) is 4.67. The lowest BCUT2D eigenvalue weighted by Gasteiger charge is -2.26. The fourth-order valence-electron chi connectivity index (χ4n) is 3.15.